The van der Waals surface area contributed by atoms with E-state index < -0.39 is 12.0 Å². The van der Waals surface area contributed by atoms with E-state index >= 15 is 0 Å². The van der Waals surface area contributed by atoms with E-state index in [0.29, 0.717) is 17.9 Å². The monoisotopic (exact) mass is 276 g/mol. The maximum absolute atomic E-state index is 12.1. The molecule has 106 valence electrons. The lowest BCUT2D eigenvalue weighted by Crippen LogP contribution is -2.31. The van der Waals surface area contributed by atoms with Crippen molar-refractivity contribution < 1.29 is 22.6 Å². The summed E-state index contributed by atoms with van der Waals surface area (Å²) in [5.41, 5.74) is 5.59. The average Bonchev–Trinajstić information content (AvgIpc) is 2.37. The quantitative estimate of drug-likeness (QED) is 0.662. The number of hydrogen-bond acceptors (Lipinski definition) is 3. The van der Waals surface area contributed by atoms with Gasteiger partial charge in [-0.2, -0.15) is 13.2 Å². The van der Waals surface area contributed by atoms with Crippen LogP contribution in [-0.2, 0) is 6.42 Å². The second-order valence-electron chi connectivity index (χ2n) is 3.70. The molecule has 0 radical (unpaired) electrons. The van der Waals surface area contributed by atoms with Crippen LogP contribution in [-0.4, -0.2) is 32.8 Å². The number of rotatable bonds is 5. The first-order valence-electron chi connectivity index (χ1n) is 5.46. The van der Waals surface area contributed by atoms with Crippen LogP contribution in [0.25, 0.3) is 0 Å². The van der Waals surface area contributed by atoms with Gasteiger partial charge in [0.25, 0.3) is 0 Å². The summed E-state index contributed by atoms with van der Waals surface area (Å²) >= 11 is 0. The molecule has 0 fully saturated rings. The SMILES string of the molecule is COc1ccc(CCN=C(N)C(F)(F)F)cc1OC. The van der Waals surface area contributed by atoms with Gasteiger partial charge in [-0.15, -0.1) is 0 Å². The van der Waals surface area contributed by atoms with E-state index in [4.69, 9.17) is 15.2 Å². The first kappa shape index (κ1) is 15.1. The minimum absolute atomic E-state index is 0.0408. The summed E-state index contributed by atoms with van der Waals surface area (Å²) in [6.07, 6.45) is -4.24. The van der Waals surface area contributed by atoms with Crippen molar-refractivity contribution in [3.05, 3.63) is 23.8 Å². The predicted octanol–water partition coefficient (Wildman–Crippen LogP) is 2.17. The maximum Gasteiger partial charge on any atom is 0.448 e. The molecule has 0 spiro atoms. The lowest BCUT2D eigenvalue weighted by atomic mass is 10.1. The number of hydrogen-bond donors (Lipinski definition) is 1. The second-order valence-corrected chi connectivity index (χ2v) is 3.70. The molecule has 0 aliphatic carbocycles. The molecule has 2 N–H and O–H groups in total. The van der Waals surface area contributed by atoms with E-state index in [0.717, 1.165) is 5.56 Å². The third kappa shape index (κ3) is 4.35. The molecule has 0 atom stereocenters. The van der Waals surface area contributed by atoms with Gasteiger partial charge in [0.15, 0.2) is 11.5 Å². The van der Waals surface area contributed by atoms with E-state index in [1.165, 1.54) is 14.2 Å². The smallest absolute Gasteiger partial charge is 0.448 e. The Balaban J connectivity index is 2.69. The highest BCUT2D eigenvalue weighted by Gasteiger charge is 2.33. The molecular formula is C12H15F3N2O2. The summed E-state index contributed by atoms with van der Waals surface area (Å²) in [4.78, 5) is 3.29. The Hall–Kier alpha value is -1.92. The van der Waals surface area contributed by atoms with E-state index in [-0.39, 0.29) is 6.54 Å². The Bertz CT molecular complexity index is 459. The van der Waals surface area contributed by atoms with Crippen LogP contribution in [0.3, 0.4) is 0 Å². The minimum atomic E-state index is -4.57. The molecule has 0 amide bonds. The van der Waals surface area contributed by atoms with Crippen LogP contribution in [0.5, 0.6) is 11.5 Å². The standard InChI is InChI=1S/C12H15F3N2O2/c1-18-9-4-3-8(7-10(9)19-2)5-6-17-11(16)12(13,14)15/h3-4,7H,5-6H2,1-2H3,(H2,16,17). The highest BCUT2D eigenvalue weighted by Crippen LogP contribution is 2.27. The normalized spacial score (nSPS) is 12.4. The number of nitrogens with two attached hydrogens (primary N) is 1. The fourth-order valence-corrected chi connectivity index (χ4v) is 1.43. The van der Waals surface area contributed by atoms with Crippen LogP contribution in [0.1, 0.15) is 5.56 Å². The third-order valence-electron chi connectivity index (χ3n) is 2.42. The molecular weight excluding hydrogens is 261 g/mol. The van der Waals surface area contributed by atoms with Gasteiger partial charge < -0.3 is 15.2 Å². The van der Waals surface area contributed by atoms with Crippen LogP contribution in [0.15, 0.2) is 23.2 Å². The van der Waals surface area contributed by atoms with Crippen LogP contribution < -0.4 is 15.2 Å². The molecule has 19 heavy (non-hydrogen) atoms. The predicted molar refractivity (Wildman–Crippen MR) is 65.8 cm³/mol. The molecule has 0 heterocycles. The largest absolute Gasteiger partial charge is 0.493 e. The van der Waals surface area contributed by atoms with Gasteiger partial charge in [0.05, 0.1) is 14.2 Å². The number of alkyl halides is 3. The zero-order valence-corrected chi connectivity index (χ0v) is 10.6. The van der Waals surface area contributed by atoms with Gasteiger partial charge >= 0.3 is 6.18 Å². The van der Waals surface area contributed by atoms with Crippen LogP contribution in [0.2, 0.25) is 0 Å². The zero-order valence-electron chi connectivity index (χ0n) is 10.6. The number of nitrogens with zero attached hydrogens (tertiary/aromatic N) is 1. The number of halogens is 3. The van der Waals surface area contributed by atoms with Crippen molar-refractivity contribution in [1.29, 1.82) is 0 Å². The van der Waals surface area contributed by atoms with E-state index in [1.807, 2.05) is 0 Å². The van der Waals surface area contributed by atoms with Crippen molar-refractivity contribution >= 4 is 5.84 Å². The zero-order chi connectivity index (χ0) is 14.5. The maximum atomic E-state index is 12.1. The Morgan fingerprint density at radius 3 is 2.37 bits per heavy atom. The Labute approximate surface area is 109 Å². The molecule has 1 aromatic rings. The molecule has 0 bridgehead atoms. The summed E-state index contributed by atoms with van der Waals surface area (Å²) in [5, 5.41) is 0. The van der Waals surface area contributed by atoms with E-state index in [2.05, 4.69) is 4.99 Å². The van der Waals surface area contributed by atoms with Gasteiger partial charge in [-0.3, -0.25) is 4.99 Å². The van der Waals surface area contributed by atoms with Crippen molar-refractivity contribution in [3.8, 4) is 11.5 Å². The number of methoxy groups -OCH3 is 2. The molecule has 4 nitrogen and oxygen atoms in total. The number of amidine groups is 1. The fourth-order valence-electron chi connectivity index (χ4n) is 1.43. The topological polar surface area (TPSA) is 56.8 Å². The summed E-state index contributed by atoms with van der Waals surface area (Å²) < 4.78 is 46.5. The summed E-state index contributed by atoms with van der Waals surface area (Å²) in [7, 11) is 2.99. The highest BCUT2D eigenvalue weighted by atomic mass is 19.4. The number of aliphatic imine (C=N–C) groups is 1. The Kier molecular flexibility index (Phi) is 5.02. The molecule has 1 rings (SSSR count). The van der Waals surface area contributed by atoms with Gasteiger partial charge in [-0.25, -0.2) is 0 Å². The first-order chi connectivity index (χ1) is 8.88. The van der Waals surface area contributed by atoms with Crippen molar-refractivity contribution in [2.45, 2.75) is 12.6 Å². The van der Waals surface area contributed by atoms with Gasteiger partial charge in [0.1, 0.15) is 0 Å². The summed E-state index contributed by atoms with van der Waals surface area (Å²) in [6, 6.07) is 5.11. The average molecular weight is 276 g/mol. The molecule has 1 aromatic carbocycles. The van der Waals surface area contributed by atoms with Gasteiger partial charge in [-0.05, 0) is 24.1 Å². The van der Waals surface area contributed by atoms with Gasteiger partial charge in [0.2, 0.25) is 5.84 Å². The van der Waals surface area contributed by atoms with Crippen LogP contribution in [0, 0.1) is 0 Å². The van der Waals surface area contributed by atoms with E-state index in [1.54, 1.807) is 18.2 Å². The van der Waals surface area contributed by atoms with Gasteiger partial charge in [0, 0.05) is 6.54 Å². The molecule has 0 saturated heterocycles. The third-order valence-corrected chi connectivity index (χ3v) is 2.42. The van der Waals surface area contributed by atoms with Crippen LogP contribution >= 0.6 is 0 Å². The van der Waals surface area contributed by atoms with Crippen molar-refractivity contribution in [2.24, 2.45) is 10.7 Å². The second kappa shape index (κ2) is 6.31. The van der Waals surface area contributed by atoms with E-state index in [9.17, 15) is 13.2 Å². The molecule has 0 aromatic heterocycles. The molecule has 0 saturated carbocycles. The molecule has 7 heteroatoms. The van der Waals surface area contributed by atoms with Crippen molar-refractivity contribution in [2.75, 3.05) is 20.8 Å². The summed E-state index contributed by atoms with van der Waals surface area (Å²) in [6.45, 7) is -0.0408. The summed E-state index contributed by atoms with van der Waals surface area (Å²) in [5.74, 6) is -0.231. The first-order valence-corrected chi connectivity index (χ1v) is 5.46. The van der Waals surface area contributed by atoms with Gasteiger partial charge in [-0.1, -0.05) is 6.07 Å². The molecule has 0 aliphatic heterocycles. The van der Waals surface area contributed by atoms with Crippen LogP contribution in [0.4, 0.5) is 13.2 Å². The lowest BCUT2D eigenvalue weighted by molar-refractivity contribution is -0.0600. The number of ether oxygens (including phenoxy) is 2. The fraction of sp³-hybridized carbons (Fsp3) is 0.417. The Morgan fingerprint density at radius 2 is 1.84 bits per heavy atom. The number of benzene rings is 1. The molecule has 0 unspecified atom stereocenters. The Morgan fingerprint density at radius 1 is 1.21 bits per heavy atom. The highest BCUT2D eigenvalue weighted by molar-refractivity contribution is 5.85. The molecule has 0 aliphatic rings. The van der Waals surface area contributed by atoms with Crippen molar-refractivity contribution in [3.63, 3.8) is 0 Å². The minimum Gasteiger partial charge on any atom is -0.493 e. The lowest BCUT2D eigenvalue weighted by Gasteiger charge is -2.09. The van der Waals surface area contributed by atoms with Crippen molar-refractivity contribution in [1.82, 2.24) is 0 Å².